The number of nitrogen functional groups attached to an aromatic ring is 1. The molecular formula is C14H14Cl2N2S. The topological polar surface area (TPSA) is 38.9 Å². The molecule has 19 heavy (non-hydrogen) atoms. The summed E-state index contributed by atoms with van der Waals surface area (Å²) in [5.41, 5.74) is 9.05. The zero-order valence-corrected chi connectivity index (χ0v) is 12.9. The van der Waals surface area contributed by atoms with Crippen molar-refractivity contribution < 1.29 is 0 Å². The molecule has 1 saturated carbocycles. The minimum absolute atomic E-state index is 0.600. The van der Waals surface area contributed by atoms with Crippen LogP contribution >= 0.6 is 34.5 Å². The maximum absolute atomic E-state index is 6.30. The predicted octanol–water partition coefficient (Wildman–Crippen LogP) is 4.81. The first-order valence-electron chi connectivity index (χ1n) is 6.24. The normalized spacial score (nSPS) is 14.9. The van der Waals surface area contributed by atoms with E-state index in [2.05, 4.69) is 4.98 Å². The summed E-state index contributed by atoms with van der Waals surface area (Å²) in [5.74, 6) is 0.600. The maximum Gasteiger partial charge on any atom is 0.180 e. The maximum atomic E-state index is 6.30. The number of nitrogens with zero attached hydrogens (tertiary/aromatic N) is 1. The smallest absolute Gasteiger partial charge is 0.180 e. The lowest BCUT2D eigenvalue weighted by Gasteiger charge is -2.07. The van der Waals surface area contributed by atoms with Crippen molar-refractivity contribution in [1.82, 2.24) is 4.98 Å². The third-order valence-electron chi connectivity index (χ3n) is 3.39. The fourth-order valence-corrected chi connectivity index (χ4v) is 3.59. The van der Waals surface area contributed by atoms with Gasteiger partial charge in [0, 0.05) is 27.3 Å². The third-order valence-corrected chi connectivity index (χ3v) is 5.05. The molecule has 0 spiro atoms. The van der Waals surface area contributed by atoms with Crippen molar-refractivity contribution in [3.8, 4) is 0 Å². The van der Waals surface area contributed by atoms with Gasteiger partial charge < -0.3 is 5.73 Å². The number of nitrogens with two attached hydrogens (primary N) is 1. The van der Waals surface area contributed by atoms with Crippen LogP contribution in [0.4, 0.5) is 5.13 Å². The molecule has 1 aromatic carbocycles. The lowest BCUT2D eigenvalue weighted by molar-refractivity contribution is 1.01. The fourth-order valence-electron chi connectivity index (χ4n) is 2.18. The van der Waals surface area contributed by atoms with E-state index in [1.165, 1.54) is 17.7 Å². The standard InChI is InChI=1S/C14H14Cl2N2S/c1-7-4-11(16)9(5-10(7)15)6-12-13(8-2-3-8)18-14(17)19-12/h4-5,8H,2-3,6H2,1H3,(H2,17,18). The molecular weight excluding hydrogens is 299 g/mol. The van der Waals surface area contributed by atoms with Gasteiger partial charge in [-0.15, -0.1) is 11.3 Å². The molecule has 1 aromatic heterocycles. The minimum Gasteiger partial charge on any atom is -0.375 e. The Morgan fingerprint density at radius 3 is 2.74 bits per heavy atom. The van der Waals surface area contributed by atoms with Gasteiger partial charge in [-0.1, -0.05) is 23.2 Å². The SMILES string of the molecule is Cc1cc(Cl)c(Cc2sc(N)nc2C2CC2)cc1Cl. The Morgan fingerprint density at radius 1 is 1.32 bits per heavy atom. The minimum atomic E-state index is 0.600. The van der Waals surface area contributed by atoms with Gasteiger partial charge in [0.2, 0.25) is 0 Å². The zero-order chi connectivity index (χ0) is 13.6. The van der Waals surface area contributed by atoms with Crippen LogP contribution < -0.4 is 5.73 Å². The van der Waals surface area contributed by atoms with E-state index >= 15 is 0 Å². The summed E-state index contributed by atoms with van der Waals surface area (Å²) in [6.07, 6.45) is 3.21. The lowest BCUT2D eigenvalue weighted by atomic mass is 10.1. The molecule has 5 heteroatoms. The molecule has 0 bridgehead atoms. The average Bonchev–Trinajstić information content (AvgIpc) is 3.11. The Hall–Kier alpha value is -0.770. The van der Waals surface area contributed by atoms with Gasteiger partial charge >= 0.3 is 0 Å². The summed E-state index contributed by atoms with van der Waals surface area (Å²) >= 11 is 14.0. The Morgan fingerprint density at radius 2 is 2.05 bits per heavy atom. The second-order valence-electron chi connectivity index (χ2n) is 5.00. The molecule has 1 heterocycles. The van der Waals surface area contributed by atoms with Crippen LogP contribution in [0.15, 0.2) is 12.1 Å². The fraction of sp³-hybridized carbons (Fsp3) is 0.357. The van der Waals surface area contributed by atoms with Gasteiger partial charge in [-0.05, 0) is 43.0 Å². The lowest BCUT2D eigenvalue weighted by Crippen LogP contribution is -1.93. The summed E-state index contributed by atoms with van der Waals surface area (Å²) < 4.78 is 0. The molecule has 1 aliphatic rings. The van der Waals surface area contributed by atoms with E-state index in [4.69, 9.17) is 28.9 Å². The van der Waals surface area contributed by atoms with E-state index in [0.29, 0.717) is 11.0 Å². The summed E-state index contributed by atoms with van der Waals surface area (Å²) in [4.78, 5) is 5.68. The zero-order valence-electron chi connectivity index (χ0n) is 10.5. The number of anilines is 1. The first kappa shape index (κ1) is 13.2. The van der Waals surface area contributed by atoms with Crippen LogP contribution in [-0.2, 0) is 6.42 Å². The summed E-state index contributed by atoms with van der Waals surface area (Å²) in [6.45, 7) is 1.96. The molecule has 3 rings (SSSR count). The van der Waals surface area contributed by atoms with Crippen molar-refractivity contribution in [3.05, 3.63) is 43.9 Å². The van der Waals surface area contributed by atoms with E-state index < -0.39 is 0 Å². The van der Waals surface area contributed by atoms with E-state index in [1.54, 1.807) is 11.3 Å². The summed E-state index contributed by atoms with van der Waals surface area (Å²) in [6, 6.07) is 3.87. The van der Waals surface area contributed by atoms with Crippen LogP contribution in [0, 0.1) is 6.92 Å². The van der Waals surface area contributed by atoms with E-state index in [1.807, 2.05) is 19.1 Å². The number of hydrogen-bond donors (Lipinski definition) is 1. The molecule has 1 fully saturated rings. The highest BCUT2D eigenvalue weighted by molar-refractivity contribution is 7.15. The van der Waals surface area contributed by atoms with Gasteiger partial charge in [-0.2, -0.15) is 0 Å². The molecule has 0 unspecified atom stereocenters. The number of hydrogen-bond acceptors (Lipinski definition) is 3. The Kier molecular flexibility index (Phi) is 3.46. The highest BCUT2D eigenvalue weighted by atomic mass is 35.5. The van der Waals surface area contributed by atoms with E-state index in [0.717, 1.165) is 33.3 Å². The first-order valence-corrected chi connectivity index (χ1v) is 7.81. The van der Waals surface area contributed by atoms with Crippen molar-refractivity contribution in [2.75, 3.05) is 5.73 Å². The van der Waals surface area contributed by atoms with Gasteiger partial charge in [0.1, 0.15) is 0 Å². The number of aromatic nitrogens is 1. The van der Waals surface area contributed by atoms with E-state index in [-0.39, 0.29) is 0 Å². The first-order chi connectivity index (χ1) is 9.04. The quantitative estimate of drug-likeness (QED) is 0.883. The Balaban J connectivity index is 1.95. The molecule has 0 radical (unpaired) electrons. The molecule has 0 aliphatic heterocycles. The van der Waals surface area contributed by atoms with Crippen molar-refractivity contribution in [2.45, 2.75) is 32.1 Å². The number of rotatable bonds is 3. The highest BCUT2D eigenvalue weighted by Gasteiger charge is 2.29. The predicted molar refractivity (Wildman–Crippen MR) is 82.5 cm³/mol. The second kappa shape index (κ2) is 4.97. The van der Waals surface area contributed by atoms with Gasteiger partial charge in [0.25, 0.3) is 0 Å². The molecule has 1 aliphatic carbocycles. The molecule has 2 N–H and O–H groups in total. The number of thiazole rings is 1. The van der Waals surface area contributed by atoms with Crippen molar-refractivity contribution in [2.24, 2.45) is 0 Å². The highest BCUT2D eigenvalue weighted by Crippen LogP contribution is 2.44. The van der Waals surface area contributed by atoms with Crippen molar-refractivity contribution in [3.63, 3.8) is 0 Å². The van der Waals surface area contributed by atoms with Gasteiger partial charge in [0.15, 0.2) is 5.13 Å². The van der Waals surface area contributed by atoms with Gasteiger partial charge in [-0.3, -0.25) is 0 Å². The van der Waals surface area contributed by atoms with Gasteiger partial charge in [0.05, 0.1) is 5.69 Å². The Bertz CT molecular complexity index is 633. The molecule has 0 saturated heterocycles. The van der Waals surface area contributed by atoms with Crippen LogP contribution in [-0.4, -0.2) is 4.98 Å². The monoisotopic (exact) mass is 312 g/mol. The molecule has 2 aromatic rings. The van der Waals surface area contributed by atoms with Crippen LogP contribution in [0.5, 0.6) is 0 Å². The number of aryl methyl sites for hydroxylation is 1. The number of halogens is 2. The summed E-state index contributed by atoms with van der Waals surface area (Å²) in [7, 11) is 0. The molecule has 100 valence electrons. The van der Waals surface area contributed by atoms with Gasteiger partial charge in [-0.25, -0.2) is 4.98 Å². The van der Waals surface area contributed by atoms with Crippen LogP contribution in [0.2, 0.25) is 10.0 Å². The van der Waals surface area contributed by atoms with Crippen LogP contribution in [0.25, 0.3) is 0 Å². The Labute approximate surface area is 126 Å². The van der Waals surface area contributed by atoms with Crippen molar-refractivity contribution in [1.29, 1.82) is 0 Å². The van der Waals surface area contributed by atoms with Crippen LogP contribution in [0.1, 0.15) is 40.5 Å². The third kappa shape index (κ3) is 2.73. The molecule has 2 nitrogen and oxygen atoms in total. The van der Waals surface area contributed by atoms with E-state index in [9.17, 15) is 0 Å². The van der Waals surface area contributed by atoms with Crippen molar-refractivity contribution >= 4 is 39.7 Å². The molecule has 0 amide bonds. The van der Waals surface area contributed by atoms with Crippen LogP contribution in [0.3, 0.4) is 0 Å². The summed E-state index contributed by atoms with van der Waals surface area (Å²) in [5, 5.41) is 2.16. The largest absolute Gasteiger partial charge is 0.375 e. The second-order valence-corrected chi connectivity index (χ2v) is 6.93. The number of benzene rings is 1. The average molecular weight is 313 g/mol. The molecule has 0 atom stereocenters.